The number of rotatable bonds is 3. The summed E-state index contributed by atoms with van der Waals surface area (Å²) in [5.74, 6) is 0. The Balaban J connectivity index is 1.88. The van der Waals surface area contributed by atoms with Gasteiger partial charge in [0.2, 0.25) is 0 Å². The van der Waals surface area contributed by atoms with Crippen LogP contribution in [-0.4, -0.2) is 4.98 Å². The average Bonchev–Trinajstić information content (AvgIpc) is 2.49. The molecule has 3 rings (SSSR count). The van der Waals surface area contributed by atoms with Crippen molar-refractivity contribution in [3.8, 4) is 0 Å². The van der Waals surface area contributed by atoms with E-state index in [4.69, 9.17) is 0 Å². The predicted molar refractivity (Wildman–Crippen MR) is 87.9 cm³/mol. The van der Waals surface area contributed by atoms with E-state index in [1.54, 1.807) is 0 Å². The first-order valence-electron chi connectivity index (χ1n) is 6.57. The number of aryl methyl sites for hydroxylation is 1. The van der Waals surface area contributed by atoms with Gasteiger partial charge >= 0.3 is 0 Å². The zero-order valence-corrected chi connectivity index (χ0v) is 12.8. The van der Waals surface area contributed by atoms with Gasteiger partial charge in [0.25, 0.3) is 0 Å². The van der Waals surface area contributed by atoms with Gasteiger partial charge in [-0.1, -0.05) is 45.8 Å². The van der Waals surface area contributed by atoms with Gasteiger partial charge in [0.05, 0.1) is 5.52 Å². The fourth-order valence-corrected chi connectivity index (χ4v) is 2.66. The van der Waals surface area contributed by atoms with E-state index in [2.05, 4.69) is 75.6 Å². The molecule has 0 saturated heterocycles. The summed E-state index contributed by atoms with van der Waals surface area (Å²) in [4.78, 5) is 4.50. The van der Waals surface area contributed by atoms with Crippen LogP contribution in [0.4, 0.5) is 5.69 Å². The lowest BCUT2D eigenvalue weighted by Gasteiger charge is -2.10. The Kier molecular flexibility index (Phi) is 3.70. The smallest absolute Gasteiger partial charge is 0.0763 e. The van der Waals surface area contributed by atoms with Crippen molar-refractivity contribution in [2.24, 2.45) is 0 Å². The third-order valence-electron chi connectivity index (χ3n) is 3.33. The molecule has 0 aliphatic heterocycles. The van der Waals surface area contributed by atoms with Gasteiger partial charge in [-0.2, -0.15) is 0 Å². The van der Waals surface area contributed by atoms with E-state index in [9.17, 15) is 0 Å². The standard InChI is InChI=1S/C17H15BrN2/c1-12-4-7-14(8-5-12)20-11-13-6-9-16(18)15-3-2-10-19-17(13)15/h2-10,20H,11H2,1H3. The van der Waals surface area contributed by atoms with E-state index in [-0.39, 0.29) is 0 Å². The molecule has 0 aliphatic rings. The first kappa shape index (κ1) is 13.1. The fraction of sp³-hybridized carbons (Fsp3) is 0.118. The molecule has 0 radical (unpaired) electrons. The van der Waals surface area contributed by atoms with Gasteiger partial charge in [-0.25, -0.2) is 0 Å². The summed E-state index contributed by atoms with van der Waals surface area (Å²) in [6.45, 7) is 2.86. The topological polar surface area (TPSA) is 24.9 Å². The average molecular weight is 327 g/mol. The zero-order chi connectivity index (χ0) is 13.9. The van der Waals surface area contributed by atoms with Crippen molar-refractivity contribution in [3.05, 3.63) is 70.3 Å². The molecule has 0 bridgehead atoms. The molecular formula is C17H15BrN2. The normalized spacial score (nSPS) is 10.7. The minimum Gasteiger partial charge on any atom is -0.381 e. The molecule has 0 atom stereocenters. The van der Waals surface area contributed by atoms with Crippen LogP contribution in [0.2, 0.25) is 0 Å². The highest BCUT2D eigenvalue weighted by atomic mass is 79.9. The summed E-state index contributed by atoms with van der Waals surface area (Å²) in [5.41, 5.74) is 4.64. The molecule has 0 saturated carbocycles. The lowest BCUT2D eigenvalue weighted by Crippen LogP contribution is -2.01. The quantitative estimate of drug-likeness (QED) is 0.739. The number of hydrogen-bond acceptors (Lipinski definition) is 2. The monoisotopic (exact) mass is 326 g/mol. The highest BCUT2D eigenvalue weighted by molar-refractivity contribution is 9.10. The molecule has 0 spiro atoms. The molecule has 3 aromatic rings. The van der Waals surface area contributed by atoms with Crippen LogP contribution in [-0.2, 0) is 6.54 Å². The second-order valence-corrected chi connectivity index (χ2v) is 5.68. The number of nitrogens with one attached hydrogen (secondary N) is 1. The van der Waals surface area contributed by atoms with Gasteiger partial charge in [-0.05, 0) is 36.8 Å². The van der Waals surface area contributed by atoms with Crippen LogP contribution in [0.5, 0.6) is 0 Å². The van der Waals surface area contributed by atoms with Crippen molar-refractivity contribution in [1.82, 2.24) is 4.98 Å². The third kappa shape index (κ3) is 2.68. The summed E-state index contributed by atoms with van der Waals surface area (Å²) >= 11 is 3.57. The lowest BCUT2D eigenvalue weighted by molar-refractivity contribution is 1.15. The fourth-order valence-electron chi connectivity index (χ4n) is 2.21. The lowest BCUT2D eigenvalue weighted by atomic mass is 10.1. The minimum atomic E-state index is 0.768. The van der Waals surface area contributed by atoms with Crippen molar-refractivity contribution < 1.29 is 0 Å². The van der Waals surface area contributed by atoms with E-state index in [1.165, 1.54) is 11.1 Å². The second-order valence-electron chi connectivity index (χ2n) is 4.83. The molecule has 2 nitrogen and oxygen atoms in total. The number of benzene rings is 2. The van der Waals surface area contributed by atoms with Gasteiger partial charge in [-0.15, -0.1) is 0 Å². The Morgan fingerprint density at radius 3 is 2.65 bits per heavy atom. The number of anilines is 1. The van der Waals surface area contributed by atoms with Gasteiger partial charge in [0, 0.05) is 28.3 Å². The molecule has 100 valence electrons. The zero-order valence-electron chi connectivity index (χ0n) is 11.2. The van der Waals surface area contributed by atoms with Gasteiger partial charge in [0.1, 0.15) is 0 Å². The maximum absolute atomic E-state index is 4.50. The molecule has 1 heterocycles. The summed E-state index contributed by atoms with van der Waals surface area (Å²) in [6, 6.07) is 16.7. The second kappa shape index (κ2) is 5.63. The molecular weight excluding hydrogens is 312 g/mol. The summed E-state index contributed by atoms with van der Waals surface area (Å²) in [7, 11) is 0. The van der Waals surface area contributed by atoms with Crippen molar-refractivity contribution in [1.29, 1.82) is 0 Å². The van der Waals surface area contributed by atoms with Crippen molar-refractivity contribution >= 4 is 32.5 Å². The molecule has 1 N–H and O–H groups in total. The van der Waals surface area contributed by atoms with Crippen LogP contribution < -0.4 is 5.32 Å². The minimum absolute atomic E-state index is 0.768. The number of nitrogens with zero attached hydrogens (tertiary/aromatic N) is 1. The Morgan fingerprint density at radius 1 is 1.05 bits per heavy atom. The third-order valence-corrected chi connectivity index (χ3v) is 4.03. The maximum Gasteiger partial charge on any atom is 0.0763 e. The largest absolute Gasteiger partial charge is 0.381 e. The Bertz CT molecular complexity index is 736. The summed E-state index contributed by atoms with van der Waals surface area (Å²) in [5, 5.41) is 4.59. The van der Waals surface area contributed by atoms with Gasteiger partial charge < -0.3 is 5.32 Å². The van der Waals surface area contributed by atoms with Crippen LogP contribution in [0.3, 0.4) is 0 Å². The van der Waals surface area contributed by atoms with E-state index in [1.807, 2.05) is 12.3 Å². The van der Waals surface area contributed by atoms with E-state index in [0.717, 1.165) is 27.6 Å². The number of halogens is 1. The highest BCUT2D eigenvalue weighted by Gasteiger charge is 2.05. The molecule has 2 aromatic carbocycles. The van der Waals surface area contributed by atoms with Crippen molar-refractivity contribution in [2.45, 2.75) is 13.5 Å². The van der Waals surface area contributed by atoms with Crippen molar-refractivity contribution in [3.63, 3.8) is 0 Å². The number of pyridine rings is 1. The molecule has 20 heavy (non-hydrogen) atoms. The Hall–Kier alpha value is -1.87. The molecule has 0 fully saturated rings. The van der Waals surface area contributed by atoms with Crippen molar-refractivity contribution in [2.75, 3.05) is 5.32 Å². The number of fused-ring (bicyclic) bond motifs is 1. The van der Waals surface area contributed by atoms with E-state index in [0.29, 0.717) is 0 Å². The molecule has 3 heteroatoms. The van der Waals surface area contributed by atoms with Crippen LogP contribution in [0, 0.1) is 6.92 Å². The van der Waals surface area contributed by atoms with Crippen LogP contribution >= 0.6 is 15.9 Å². The van der Waals surface area contributed by atoms with Crippen LogP contribution in [0.1, 0.15) is 11.1 Å². The van der Waals surface area contributed by atoms with Gasteiger partial charge in [-0.3, -0.25) is 4.98 Å². The Labute approximate surface area is 127 Å². The maximum atomic E-state index is 4.50. The first-order valence-corrected chi connectivity index (χ1v) is 7.36. The SMILES string of the molecule is Cc1ccc(NCc2ccc(Br)c3cccnc23)cc1. The highest BCUT2D eigenvalue weighted by Crippen LogP contribution is 2.25. The summed E-state index contributed by atoms with van der Waals surface area (Å²) < 4.78 is 1.08. The van der Waals surface area contributed by atoms with Crippen LogP contribution in [0.15, 0.2) is 59.2 Å². The summed E-state index contributed by atoms with van der Waals surface area (Å²) in [6.07, 6.45) is 1.84. The number of aromatic nitrogens is 1. The molecule has 0 unspecified atom stereocenters. The van der Waals surface area contributed by atoms with E-state index < -0.39 is 0 Å². The number of hydrogen-bond donors (Lipinski definition) is 1. The predicted octanol–water partition coefficient (Wildman–Crippen LogP) is 4.92. The van der Waals surface area contributed by atoms with Gasteiger partial charge in [0.15, 0.2) is 0 Å². The Morgan fingerprint density at radius 2 is 1.85 bits per heavy atom. The molecule has 0 amide bonds. The molecule has 1 aromatic heterocycles. The van der Waals surface area contributed by atoms with Crippen LogP contribution in [0.25, 0.3) is 10.9 Å². The first-order chi connectivity index (χ1) is 9.74. The van der Waals surface area contributed by atoms with E-state index >= 15 is 0 Å². The molecule has 0 aliphatic carbocycles.